The Morgan fingerprint density at radius 3 is 1.17 bits per heavy atom. The van der Waals surface area contributed by atoms with E-state index >= 15 is 0 Å². The van der Waals surface area contributed by atoms with Crippen molar-refractivity contribution in [3.63, 3.8) is 0 Å². The van der Waals surface area contributed by atoms with Crippen molar-refractivity contribution in [1.82, 2.24) is 0 Å². The second-order valence-corrected chi connectivity index (χ2v) is 9.62. The fourth-order valence-electron chi connectivity index (χ4n) is 2.98. The van der Waals surface area contributed by atoms with Crippen LogP contribution in [0.1, 0.15) is 11.1 Å². The van der Waals surface area contributed by atoms with Crippen LogP contribution in [0.25, 0.3) is 0 Å². The molecular weight excluding hydrogens is 420 g/mol. The third-order valence-electron chi connectivity index (χ3n) is 4.40. The minimum atomic E-state index is -3.92. The lowest BCUT2D eigenvalue weighted by molar-refractivity contribution is 0.596. The third-order valence-corrected chi connectivity index (χ3v) is 7.01. The van der Waals surface area contributed by atoms with Gasteiger partial charge in [-0.15, -0.1) is 0 Å². The summed E-state index contributed by atoms with van der Waals surface area (Å²) < 4.78 is 58.6. The summed E-state index contributed by atoms with van der Waals surface area (Å²) in [6.07, 6.45) is 2.92. The van der Waals surface area contributed by atoms with Crippen molar-refractivity contribution in [3.8, 4) is 0 Å². The number of benzene rings is 3. The summed E-state index contributed by atoms with van der Waals surface area (Å²) in [4.78, 5) is 0.156. The summed E-state index contributed by atoms with van der Waals surface area (Å²) in [7, 11) is -7.84. The summed E-state index contributed by atoms with van der Waals surface area (Å²) >= 11 is 0. The molecule has 30 heavy (non-hydrogen) atoms. The van der Waals surface area contributed by atoms with Crippen LogP contribution in [0.15, 0.2) is 116 Å². The molecule has 0 heterocycles. The first-order chi connectivity index (χ1) is 14.4. The molecule has 4 rings (SSSR count). The molecule has 0 radical (unpaired) electrons. The van der Waals surface area contributed by atoms with Crippen molar-refractivity contribution in [3.05, 3.63) is 108 Å². The first-order valence-corrected chi connectivity index (χ1v) is 11.8. The van der Waals surface area contributed by atoms with Gasteiger partial charge in [0.2, 0.25) is 0 Å². The van der Waals surface area contributed by atoms with Crippen LogP contribution < -0.4 is 0 Å². The van der Waals surface area contributed by atoms with Gasteiger partial charge in [-0.2, -0.15) is 25.6 Å². The summed E-state index contributed by atoms with van der Waals surface area (Å²) in [5.74, 6) is 0. The smallest absolute Gasteiger partial charge is 0.199 e. The summed E-state index contributed by atoms with van der Waals surface area (Å²) in [6.45, 7) is 0. The molecule has 0 aromatic heterocycles. The van der Waals surface area contributed by atoms with E-state index in [2.05, 4.69) is 8.80 Å². The zero-order valence-electron chi connectivity index (χ0n) is 15.6. The lowest BCUT2D eigenvalue weighted by Gasteiger charge is -2.15. The first-order valence-electron chi connectivity index (χ1n) is 8.95. The molecule has 0 atom stereocenters. The number of hydrogen-bond acceptors (Lipinski definition) is 4. The van der Waals surface area contributed by atoms with Gasteiger partial charge in [-0.25, -0.2) is 0 Å². The van der Waals surface area contributed by atoms with E-state index in [1.807, 2.05) is 0 Å². The van der Waals surface area contributed by atoms with E-state index in [4.69, 9.17) is 0 Å². The molecule has 3 aromatic carbocycles. The quantitative estimate of drug-likeness (QED) is 0.624. The van der Waals surface area contributed by atoms with Crippen molar-refractivity contribution in [2.45, 2.75) is 9.79 Å². The van der Waals surface area contributed by atoms with Crippen molar-refractivity contribution in [2.24, 2.45) is 8.80 Å². The van der Waals surface area contributed by atoms with Crippen molar-refractivity contribution < 1.29 is 16.8 Å². The molecule has 0 fully saturated rings. The van der Waals surface area contributed by atoms with Gasteiger partial charge in [0.25, 0.3) is 20.0 Å². The largest absolute Gasteiger partial charge is 0.282 e. The van der Waals surface area contributed by atoms with Crippen LogP contribution in [-0.2, 0) is 20.0 Å². The van der Waals surface area contributed by atoms with Gasteiger partial charge >= 0.3 is 0 Å². The van der Waals surface area contributed by atoms with Crippen LogP contribution in [0.4, 0.5) is 0 Å². The molecular formula is C22H16N2O4S2. The Labute approximate surface area is 175 Å². The Hall–Kier alpha value is -3.36. The van der Waals surface area contributed by atoms with E-state index in [9.17, 15) is 16.8 Å². The minimum absolute atomic E-state index is 0.0782. The number of nitrogens with zero attached hydrogens (tertiary/aromatic N) is 2. The molecule has 1 aliphatic carbocycles. The standard InChI is InChI=1S/C22H16N2O4S2/c25-29(26,17-9-3-1-4-10-17)23-21-15-16-22(20-14-8-7-13-19(20)21)24-30(27,28)18-11-5-2-6-12-18/h1-16H/b23-21+,24-22+. The zero-order valence-corrected chi connectivity index (χ0v) is 17.2. The van der Waals surface area contributed by atoms with Gasteiger partial charge in [-0.1, -0.05) is 60.7 Å². The van der Waals surface area contributed by atoms with Crippen LogP contribution in [-0.4, -0.2) is 28.3 Å². The maximum Gasteiger partial charge on any atom is 0.282 e. The molecule has 8 heteroatoms. The van der Waals surface area contributed by atoms with E-state index in [0.29, 0.717) is 11.1 Å². The first kappa shape index (κ1) is 19.9. The van der Waals surface area contributed by atoms with Crippen LogP contribution >= 0.6 is 0 Å². The molecule has 3 aromatic rings. The Morgan fingerprint density at radius 2 is 0.800 bits per heavy atom. The van der Waals surface area contributed by atoms with Crippen LogP contribution in [0.5, 0.6) is 0 Å². The fourth-order valence-corrected chi connectivity index (χ4v) is 5.03. The number of fused-ring (bicyclic) bond motifs is 1. The lowest BCUT2D eigenvalue weighted by Crippen LogP contribution is -2.16. The van der Waals surface area contributed by atoms with Crippen LogP contribution in [0.2, 0.25) is 0 Å². The van der Waals surface area contributed by atoms with Gasteiger partial charge in [-0.3, -0.25) is 0 Å². The van der Waals surface area contributed by atoms with E-state index in [0.717, 1.165) is 0 Å². The highest BCUT2D eigenvalue weighted by atomic mass is 32.2. The van der Waals surface area contributed by atoms with E-state index in [1.54, 1.807) is 60.7 Å². The number of rotatable bonds is 4. The van der Waals surface area contributed by atoms with E-state index in [1.165, 1.54) is 36.4 Å². The fraction of sp³-hybridized carbons (Fsp3) is 0. The van der Waals surface area contributed by atoms with Crippen LogP contribution in [0, 0.1) is 0 Å². The SMILES string of the molecule is O=S(=O)(/N=C1C=C/C(=N\S(=O)(=O)c2ccccc2)c2ccccc2\1)c1ccccc1. The summed E-state index contributed by atoms with van der Waals surface area (Å²) in [5.41, 5.74) is 1.40. The van der Waals surface area contributed by atoms with E-state index < -0.39 is 20.0 Å². The Bertz CT molecular complexity index is 1280. The van der Waals surface area contributed by atoms with Gasteiger partial charge in [-0.05, 0) is 36.4 Å². The monoisotopic (exact) mass is 436 g/mol. The molecule has 0 amide bonds. The molecule has 0 bridgehead atoms. The second kappa shape index (κ2) is 7.81. The topological polar surface area (TPSA) is 93.0 Å². The highest BCUT2D eigenvalue weighted by Gasteiger charge is 2.22. The molecule has 0 saturated heterocycles. The van der Waals surface area contributed by atoms with Gasteiger partial charge in [0, 0.05) is 11.1 Å². The molecule has 150 valence electrons. The normalized spacial score (nSPS) is 16.5. The van der Waals surface area contributed by atoms with Crippen molar-refractivity contribution >= 4 is 31.5 Å². The third kappa shape index (κ3) is 4.00. The predicted molar refractivity (Wildman–Crippen MR) is 116 cm³/mol. The van der Waals surface area contributed by atoms with Gasteiger partial charge in [0.15, 0.2) is 0 Å². The average molecular weight is 437 g/mol. The molecule has 1 aliphatic rings. The molecule has 0 unspecified atom stereocenters. The number of allylic oxidation sites excluding steroid dienone is 2. The number of sulfonamides is 2. The molecule has 0 spiro atoms. The maximum absolute atomic E-state index is 12.7. The molecule has 0 aliphatic heterocycles. The van der Waals surface area contributed by atoms with Gasteiger partial charge in [0.05, 0.1) is 21.2 Å². The van der Waals surface area contributed by atoms with Crippen molar-refractivity contribution in [2.75, 3.05) is 0 Å². The second-order valence-electron chi connectivity index (χ2n) is 6.41. The molecule has 0 N–H and O–H groups in total. The zero-order chi connectivity index (χ0) is 21.2. The Balaban J connectivity index is 1.81. The summed E-state index contributed by atoms with van der Waals surface area (Å²) in [5, 5.41) is 0. The Kier molecular flexibility index (Phi) is 5.19. The highest BCUT2D eigenvalue weighted by molar-refractivity contribution is 7.90. The van der Waals surface area contributed by atoms with Crippen molar-refractivity contribution in [1.29, 1.82) is 0 Å². The molecule has 0 saturated carbocycles. The van der Waals surface area contributed by atoms with Gasteiger partial charge < -0.3 is 0 Å². The summed E-state index contributed by atoms with van der Waals surface area (Å²) in [6, 6.07) is 22.6. The Morgan fingerprint density at radius 1 is 0.467 bits per heavy atom. The minimum Gasteiger partial charge on any atom is -0.199 e. The van der Waals surface area contributed by atoms with Gasteiger partial charge in [0.1, 0.15) is 0 Å². The van der Waals surface area contributed by atoms with E-state index in [-0.39, 0.29) is 21.2 Å². The highest BCUT2D eigenvalue weighted by Crippen LogP contribution is 2.23. The molecule has 6 nitrogen and oxygen atoms in total. The average Bonchev–Trinajstić information content (AvgIpc) is 2.76. The lowest BCUT2D eigenvalue weighted by atomic mass is 9.94. The maximum atomic E-state index is 12.7. The van der Waals surface area contributed by atoms with Crippen LogP contribution in [0.3, 0.4) is 0 Å². The predicted octanol–water partition coefficient (Wildman–Crippen LogP) is 3.61. The number of hydrogen-bond donors (Lipinski definition) is 0.